The van der Waals surface area contributed by atoms with Crippen molar-refractivity contribution in [1.82, 2.24) is 5.32 Å². The van der Waals surface area contributed by atoms with Crippen molar-refractivity contribution in [1.29, 1.82) is 0 Å². The Balaban J connectivity index is 2.12. The van der Waals surface area contributed by atoms with Crippen LogP contribution in [-0.2, 0) is 14.3 Å². The van der Waals surface area contributed by atoms with Gasteiger partial charge in [-0.15, -0.1) is 0 Å². The van der Waals surface area contributed by atoms with Gasteiger partial charge in [0.05, 0.1) is 5.41 Å². The molecule has 0 bridgehead atoms. The van der Waals surface area contributed by atoms with E-state index in [4.69, 9.17) is 9.84 Å². The predicted octanol–water partition coefficient (Wildman–Crippen LogP) is 1.81. The molecule has 1 heterocycles. The number of carbonyl (C=O) groups excluding carboxylic acids is 1. The van der Waals surface area contributed by atoms with E-state index in [0.29, 0.717) is 12.3 Å². The molecule has 19 heavy (non-hydrogen) atoms. The fourth-order valence-corrected chi connectivity index (χ4v) is 2.07. The highest BCUT2D eigenvalue weighted by Crippen LogP contribution is 2.20. The van der Waals surface area contributed by atoms with Crippen molar-refractivity contribution in [3.8, 4) is 0 Å². The zero-order valence-corrected chi connectivity index (χ0v) is 11.9. The highest BCUT2D eigenvalue weighted by Gasteiger charge is 2.27. The number of carboxylic acids is 1. The Labute approximate surface area is 114 Å². The Morgan fingerprint density at radius 2 is 1.95 bits per heavy atom. The van der Waals surface area contributed by atoms with Gasteiger partial charge in [0.2, 0.25) is 5.91 Å². The second-order valence-corrected chi connectivity index (χ2v) is 5.91. The Kier molecular flexibility index (Phi) is 6.28. The molecule has 0 aromatic heterocycles. The van der Waals surface area contributed by atoms with Gasteiger partial charge < -0.3 is 15.2 Å². The van der Waals surface area contributed by atoms with Crippen LogP contribution in [0.25, 0.3) is 0 Å². The van der Waals surface area contributed by atoms with Gasteiger partial charge in [0.15, 0.2) is 0 Å². The number of hydrogen-bond acceptors (Lipinski definition) is 3. The number of aliphatic carboxylic acids is 1. The van der Waals surface area contributed by atoms with Gasteiger partial charge >= 0.3 is 5.97 Å². The highest BCUT2D eigenvalue weighted by atomic mass is 16.5. The van der Waals surface area contributed by atoms with Gasteiger partial charge in [0.25, 0.3) is 0 Å². The number of hydrogen-bond donors (Lipinski definition) is 2. The van der Waals surface area contributed by atoms with Crippen LogP contribution < -0.4 is 5.32 Å². The maximum atomic E-state index is 11.6. The molecule has 1 saturated heterocycles. The molecule has 1 rings (SSSR count). The quantitative estimate of drug-likeness (QED) is 0.740. The molecule has 0 saturated carbocycles. The zero-order valence-electron chi connectivity index (χ0n) is 11.9. The summed E-state index contributed by atoms with van der Waals surface area (Å²) < 4.78 is 5.29. The molecular formula is C14H25NO4. The second kappa shape index (κ2) is 7.48. The van der Waals surface area contributed by atoms with Gasteiger partial charge in [-0.1, -0.05) is 0 Å². The van der Waals surface area contributed by atoms with E-state index < -0.39 is 11.4 Å². The van der Waals surface area contributed by atoms with Crippen molar-refractivity contribution in [3.63, 3.8) is 0 Å². The average molecular weight is 271 g/mol. The zero-order chi connectivity index (χ0) is 14.3. The van der Waals surface area contributed by atoms with E-state index in [1.165, 1.54) is 0 Å². The van der Waals surface area contributed by atoms with Crippen LogP contribution in [0, 0.1) is 11.3 Å². The minimum atomic E-state index is -0.906. The van der Waals surface area contributed by atoms with E-state index in [9.17, 15) is 9.59 Å². The van der Waals surface area contributed by atoms with E-state index in [1.807, 2.05) is 0 Å². The molecule has 1 aliphatic rings. The first-order chi connectivity index (χ1) is 8.92. The molecule has 0 unspecified atom stereocenters. The van der Waals surface area contributed by atoms with Crippen molar-refractivity contribution in [3.05, 3.63) is 0 Å². The summed E-state index contributed by atoms with van der Waals surface area (Å²) >= 11 is 0. The summed E-state index contributed by atoms with van der Waals surface area (Å²) in [6, 6.07) is 0. The first kappa shape index (κ1) is 16.0. The lowest BCUT2D eigenvalue weighted by Gasteiger charge is -2.22. The molecule has 5 heteroatoms. The Morgan fingerprint density at radius 1 is 1.32 bits per heavy atom. The number of carboxylic acid groups (broad SMARTS) is 1. The number of ether oxygens (including phenoxy) is 1. The monoisotopic (exact) mass is 271 g/mol. The molecule has 1 fully saturated rings. The van der Waals surface area contributed by atoms with Crippen LogP contribution in [0.4, 0.5) is 0 Å². The summed E-state index contributed by atoms with van der Waals surface area (Å²) in [7, 11) is 0. The lowest BCUT2D eigenvalue weighted by molar-refractivity contribution is -0.146. The van der Waals surface area contributed by atoms with Crippen LogP contribution in [0.15, 0.2) is 0 Å². The molecule has 0 spiro atoms. The fraction of sp³-hybridized carbons (Fsp3) is 0.857. The van der Waals surface area contributed by atoms with E-state index in [-0.39, 0.29) is 12.5 Å². The predicted molar refractivity (Wildman–Crippen MR) is 71.8 cm³/mol. The van der Waals surface area contributed by atoms with Crippen LogP contribution in [0.2, 0.25) is 0 Å². The molecule has 0 radical (unpaired) electrons. The Bertz CT molecular complexity index is 309. The lowest BCUT2D eigenvalue weighted by atomic mass is 9.93. The maximum Gasteiger partial charge on any atom is 0.310 e. The minimum absolute atomic E-state index is 0.0543. The van der Waals surface area contributed by atoms with E-state index in [1.54, 1.807) is 13.8 Å². The molecule has 0 atom stereocenters. The van der Waals surface area contributed by atoms with Crippen molar-refractivity contribution in [2.45, 2.75) is 46.0 Å². The van der Waals surface area contributed by atoms with Crippen molar-refractivity contribution in [2.24, 2.45) is 11.3 Å². The first-order valence-corrected chi connectivity index (χ1v) is 6.99. The topological polar surface area (TPSA) is 75.6 Å². The first-order valence-electron chi connectivity index (χ1n) is 6.99. The molecule has 1 amide bonds. The van der Waals surface area contributed by atoms with E-state index in [0.717, 1.165) is 38.9 Å². The smallest absolute Gasteiger partial charge is 0.310 e. The Hall–Kier alpha value is -1.10. The van der Waals surface area contributed by atoms with Gasteiger partial charge in [0.1, 0.15) is 0 Å². The number of amides is 1. The third-order valence-electron chi connectivity index (χ3n) is 3.66. The summed E-state index contributed by atoms with van der Waals surface area (Å²) in [5.41, 5.74) is -0.906. The standard InChI is InChI=1S/C14H25NO4/c1-14(2,13(17)18)10-15-12(16)5-3-4-11-6-8-19-9-7-11/h11H,3-10H2,1-2H3,(H,15,16)(H,17,18). The molecule has 5 nitrogen and oxygen atoms in total. The van der Waals surface area contributed by atoms with Crippen molar-refractivity contribution >= 4 is 11.9 Å². The van der Waals surface area contributed by atoms with Gasteiger partial charge in [-0.05, 0) is 45.4 Å². The summed E-state index contributed by atoms with van der Waals surface area (Å²) in [4.78, 5) is 22.5. The third-order valence-corrected chi connectivity index (χ3v) is 3.66. The van der Waals surface area contributed by atoms with Crippen LogP contribution in [0.1, 0.15) is 46.0 Å². The van der Waals surface area contributed by atoms with Gasteiger partial charge in [-0.3, -0.25) is 9.59 Å². The van der Waals surface area contributed by atoms with E-state index >= 15 is 0 Å². The molecule has 0 aromatic rings. The average Bonchev–Trinajstić information content (AvgIpc) is 2.37. The van der Waals surface area contributed by atoms with Gasteiger partial charge in [-0.25, -0.2) is 0 Å². The van der Waals surface area contributed by atoms with Crippen LogP contribution in [0.3, 0.4) is 0 Å². The van der Waals surface area contributed by atoms with Crippen molar-refractivity contribution in [2.75, 3.05) is 19.8 Å². The summed E-state index contributed by atoms with van der Waals surface area (Å²) in [5, 5.41) is 11.6. The normalized spacial score (nSPS) is 17.2. The molecule has 0 aliphatic carbocycles. The fourth-order valence-electron chi connectivity index (χ4n) is 2.07. The molecular weight excluding hydrogens is 246 g/mol. The van der Waals surface area contributed by atoms with Crippen LogP contribution in [-0.4, -0.2) is 36.7 Å². The second-order valence-electron chi connectivity index (χ2n) is 5.91. The number of rotatable bonds is 7. The number of carbonyl (C=O) groups is 2. The summed E-state index contributed by atoms with van der Waals surface area (Å²) in [6.07, 6.45) is 4.58. The maximum absolute atomic E-state index is 11.6. The van der Waals surface area contributed by atoms with E-state index in [2.05, 4.69) is 5.32 Å². The van der Waals surface area contributed by atoms with Crippen LogP contribution >= 0.6 is 0 Å². The summed E-state index contributed by atoms with van der Waals surface area (Å²) in [5.74, 6) is -0.270. The minimum Gasteiger partial charge on any atom is -0.481 e. The summed E-state index contributed by atoms with van der Waals surface area (Å²) in [6.45, 7) is 5.07. The van der Waals surface area contributed by atoms with Gasteiger partial charge in [0, 0.05) is 26.2 Å². The Morgan fingerprint density at radius 3 is 2.53 bits per heavy atom. The third kappa shape index (κ3) is 6.05. The molecule has 0 aromatic carbocycles. The molecule has 110 valence electrons. The highest BCUT2D eigenvalue weighted by molar-refractivity contribution is 5.78. The van der Waals surface area contributed by atoms with Crippen molar-refractivity contribution < 1.29 is 19.4 Å². The number of nitrogens with one attached hydrogen (secondary N) is 1. The SMILES string of the molecule is CC(C)(CNC(=O)CCCC1CCOCC1)C(=O)O. The van der Waals surface area contributed by atoms with Crippen LogP contribution in [0.5, 0.6) is 0 Å². The lowest BCUT2D eigenvalue weighted by Crippen LogP contribution is -2.38. The molecule has 1 aliphatic heterocycles. The van der Waals surface area contributed by atoms with Gasteiger partial charge in [-0.2, -0.15) is 0 Å². The molecule has 2 N–H and O–H groups in total. The largest absolute Gasteiger partial charge is 0.481 e.